The Morgan fingerprint density at radius 2 is 1.97 bits per heavy atom. The van der Waals surface area contributed by atoms with Gasteiger partial charge in [0.15, 0.2) is 0 Å². The van der Waals surface area contributed by atoms with Gasteiger partial charge in [-0.3, -0.25) is 14.5 Å². The number of nitrogens with one attached hydrogen (secondary N) is 1. The summed E-state index contributed by atoms with van der Waals surface area (Å²) in [5.74, 6) is 0.420. The number of anilines is 1. The minimum Gasteiger partial charge on any atom is -0.301 e. The van der Waals surface area contributed by atoms with E-state index in [1.54, 1.807) is 4.90 Å². The summed E-state index contributed by atoms with van der Waals surface area (Å²) in [6, 6.07) is 9.76. The molecule has 2 amide bonds. The Balaban J connectivity index is 1.37. The van der Waals surface area contributed by atoms with E-state index in [0.29, 0.717) is 33.2 Å². The SMILES string of the molecule is CC(C)Cc1nnc(NC(=O)CCCCCN2C(=O)C(=Cc3ccccc3)SC2=S)s1. The van der Waals surface area contributed by atoms with Crippen molar-refractivity contribution in [3.8, 4) is 0 Å². The number of thiocarbonyl (C=S) groups is 1. The number of hydrogen-bond acceptors (Lipinski definition) is 7. The molecule has 9 heteroatoms. The Morgan fingerprint density at radius 1 is 1.19 bits per heavy atom. The average Bonchev–Trinajstić information content (AvgIpc) is 3.26. The zero-order valence-corrected chi connectivity index (χ0v) is 20.1. The van der Waals surface area contributed by atoms with E-state index in [2.05, 4.69) is 29.4 Å². The largest absolute Gasteiger partial charge is 0.301 e. The fourth-order valence-corrected chi connectivity index (χ4v) is 5.32. The van der Waals surface area contributed by atoms with Crippen molar-refractivity contribution in [3.63, 3.8) is 0 Å². The normalized spacial score (nSPS) is 15.3. The molecule has 1 N–H and O–H groups in total. The highest BCUT2D eigenvalue weighted by atomic mass is 32.2. The van der Waals surface area contributed by atoms with Crippen molar-refractivity contribution >= 4 is 62.7 Å². The van der Waals surface area contributed by atoms with Crippen LogP contribution in [0.3, 0.4) is 0 Å². The molecular weight excluding hydrogens is 448 g/mol. The molecule has 31 heavy (non-hydrogen) atoms. The van der Waals surface area contributed by atoms with Gasteiger partial charge in [-0.1, -0.05) is 85.9 Å². The third kappa shape index (κ3) is 7.22. The average molecular weight is 475 g/mol. The zero-order valence-electron chi connectivity index (χ0n) is 17.7. The highest BCUT2D eigenvalue weighted by molar-refractivity contribution is 8.26. The molecule has 3 rings (SSSR count). The lowest BCUT2D eigenvalue weighted by atomic mass is 10.1. The number of aromatic nitrogens is 2. The summed E-state index contributed by atoms with van der Waals surface area (Å²) >= 11 is 8.16. The second kappa shape index (κ2) is 11.5. The molecule has 0 saturated carbocycles. The lowest BCUT2D eigenvalue weighted by Gasteiger charge is -2.13. The van der Waals surface area contributed by atoms with Crippen LogP contribution in [0.1, 0.15) is 50.1 Å². The maximum Gasteiger partial charge on any atom is 0.266 e. The number of unbranched alkanes of at least 4 members (excludes halogenated alkanes) is 2. The summed E-state index contributed by atoms with van der Waals surface area (Å²) in [4.78, 5) is 27.1. The summed E-state index contributed by atoms with van der Waals surface area (Å²) in [7, 11) is 0. The highest BCUT2D eigenvalue weighted by Crippen LogP contribution is 2.32. The van der Waals surface area contributed by atoms with Gasteiger partial charge in [-0.15, -0.1) is 10.2 Å². The van der Waals surface area contributed by atoms with E-state index >= 15 is 0 Å². The molecule has 1 saturated heterocycles. The first-order valence-corrected chi connectivity index (χ1v) is 12.4. The van der Waals surface area contributed by atoms with Crippen LogP contribution < -0.4 is 5.32 Å². The number of hydrogen-bond donors (Lipinski definition) is 1. The van der Waals surface area contributed by atoms with E-state index in [1.165, 1.54) is 23.1 Å². The number of rotatable bonds is 10. The molecule has 0 aliphatic carbocycles. The van der Waals surface area contributed by atoms with E-state index in [9.17, 15) is 9.59 Å². The minimum atomic E-state index is -0.0522. The summed E-state index contributed by atoms with van der Waals surface area (Å²) in [6.45, 7) is 4.83. The first-order valence-electron chi connectivity index (χ1n) is 10.3. The summed E-state index contributed by atoms with van der Waals surface area (Å²) < 4.78 is 0.596. The van der Waals surface area contributed by atoms with Gasteiger partial charge in [0.2, 0.25) is 11.0 Å². The molecule has 0 spiro atoms. The maximum absolute atomic E-state index is 12.6. The Kier molecular flexibility index (Phi) is 8.74. The van der Waals surface area contributed by atoms with Crippen LogP contribution >= 0.6 is 35.3 Å². The van der Waals surface area contributed by atoms with Crippen LogP contribution in [0.4, 0.5) is 5.13 Å². The highest BCUT2D eigenvalue weighted by Gasteiger charge is 2.31. The van der Waals surface area contributed by atoms with Gasteiger partial charge in [-0.2, -0.15) is 0 Å². The Labute approximate surface area is 196 Å². The standard InChI is InChI=1S/C22H26N4O2S3/c1-15(2)13-19-24-25-21(31-19)23-18(27)11-7-4-8-12-26-20(28)17(30-22(26)29)14-16-9-5-3-6-10-16/h3,5-6,9-10,14-15H,4,7-8,11-13H2,1-2H3,(H,23,25,27). The van der Waals surface area contributed by atoms with Crippen LogP contribution in [0, 0.1) is 5.92 Å². The monoisotopic (exact) mass is 474 g/mol. The van der Waals surface area contributed by atoms with Crippen LogP contribution in [0.2, 0.25) is 0 Å². The van der Waals surface area contributed by atoms with E-state index in [1.807, 2.05) is 36.4 Å². The molecule has 0 bridgehead atoms. The van der Waals surface area contributed by atoms with Gasteiger partial charge in [-0.25, -0.2) is 0 Å². The van der Waals surface area contributed by atoms with Crippen molar-refractivity contribution in [1.29, 1.82) is 0 Å². The van der Waals surface area contributed by atoms with Gasteiger partial charge >= 0.3 is 0 Å². The van der Waals surface area contributed by atoms with Crippen molar-refractivity contribution in [3.05, 3.63) is 45.8 Å². The fraction of sp³-hybridized carbons (Fsp3) is 0.409. The third-order valence-corrected chi connectivity index (χ3v) is 6.79. The lowest BCUT2D eigenvalue weighted by Crippen LogP contribution is -2.29. The van der Waals surface area contributed by atoms with Crippen molar-refractivity contribution in [2.45, 2.75) is 46.0 Å². The molecular formula is C22H26N4O2S3. The molecule has 1 aliphatic rings. The number of nitrogens with zero attached hydrogens (tertiary/aromatic N) is 3. The van der Waals surface area contributed by atoms with Crippen LogP contribution in [0.5, 0.6) is 0 Å². The first-order chi connectivity index (χ1) is 14.9. The smallest absolute Gasteiger partial charge is 0.266 e. The van der Waals surface area contributed by atoms with Gasteiger partial charge < -0.3 is 5.32 Å². The molecule has 1 fully saturated rings. The molecule has 0 radical (unpaired) electrons. The summed E-state index contributed by atoms with van der Waals surface area (Å²) in [5, 5.41) is 12.5. The Bertz CT molecular complexity index is 957. The summed E-state index contributed by atoms with van der Waals surface area (Å²) in [5.41, 5.74) is 0.987. The van der Waals surface area contributed by atoms with Crippen molar-refractivity contribution in [2.75, 3.05) is 11.9 Å². The topological polar surface area (TPSA) is 75.2 Å². The Morgan fingerprint density at radius 3 is 2.71 bits per heavy atom. The quantitative estimate of drug-likeness (QED) is 0.292. The number of benzene rings is 1. The zero-order chi connectivity index (χ0) is 22.2. The molecule has 164 valence electrons. The van der Waals surface area contributed by atoms with E-state index in [0.717, 1.165) is 36.3 Å². The van der Waals surface area contributed by atoms with Crippen LogP contribution in [-0.4, -0.2) is 37.8 Å². The van der Waals surface area contributed by atoms with Gasteiger partial charge in [0, 0.05) is 19.4 Å². The van der Waals surface area contributed by atoms with E-state index in [4.69, 9.17) is 12.2 Å². The van der Waals surface area contributed by atoms with Crippen LogP contribution in [0.15, 0.2) is 35.2 Å². The predicted octanol–water partition coefficient (Wildman–Crippen LogP) is 5.14. The van der Waals surface area contributed by atoms with Crippen LogP contribution in [0.25, 0.3) is 6.08 Å². The van der Waals surface area contributed by atoms with Gasteiger partial charge in [-0.05, 0) is 30.4 Å². The van der Waals surface area contributed by atoms with Gasteiger partial charge in [0.1, 0.15) is 9.33 Å². The second-order valence-corrected chi connectivity index (χ2v) is 10.4. The molecule has 1 aromatic carbocycles. The molecule has 6 nitrogen and oxygen atoms in total. The first kappa shape index (κ1) is 23.6. The predicted molar refractivity (Wildman–Crippen MR) is 132 cm³/mol. The number of thioether (sulfide) groups is 1. The van der Waals surface area contributed by atoms with Crippen molar-refractivity contribution in [2.24, 2.45) is 5.92 Å². The third-order valence-electron chi connectivity index (χ3n) is 4.55. The van der Waals surface area contributed by atoms with Crippen LogP contribution in [-0.2, 0) is 16.0 Å². The second-order valence-electron chi connectivity index (χ2n) is 7.70. The number of carbonyl (C=O) groups excluding carboxylic acids is 2. The molecule has 1 aliphatic heterocycles. The molecule has 0 atom stereocenters. The molecule has 0 unspecified atom stereocenters. The van der Waals surface area contributed by atoms with E-state index < -0.39 is 0 Å². The maximum atomic E-state index is 12.6. The van der Waals surface area contributed by atoms with Gasteiger partial charge in [0.25, 0.3) is 5.91 Å². The fourth-order valence-electron chi connectivity index (χ4n) is 3.04. The van der Waals surface area contributed by atoms with Crippen molar-refractivity contribution in [1.82, 2.24) is 15.1 Å². The lowest BCUT2D eigenvalue weighted by molar-refractivity contribution is -0.122. The molecule has 2 heterocycles. The Hall–Kier alpha value is -2.10. The van der Waals surface area contributed by atoms with E-state index in [-0.39, 0.29) is 11.8 Å². The number of carbonyl (C=O) groups is 2. The minimum absolute atomic E-state index is 0.0370. The number of amides is 2. The molecule has 1 aromatic heterocycles. The summed E-state index contributed by atoms with van der Waals surface area (Å²) in [6.07, 6.45) is 5.56. The van der Waals surface area contributed by atoms with Crippen molar-refractivity contribution < 1.29 is 9.59 Å². The van der Waals surface area contributed by atoms with Gasteiger partial charge in [0.05, 0.1) is 4.91 Å². The molecule has 2 aromatic rings.